The number of hydrogen-bond donors (Lipinski definition) is 2. The second-order valence-electron chi connectivity index (χ2n) is 4.79. The topological polar surface area (TPSA) is 70.7 Å². The molecule has 2 N–H and O–H groups in total. The molecule has 4 heteroatoms. The Morgan fingerprint density at radius 2 is 1.80 bits per heavy atom. The van der Waals surface area contributed by atoms with Gasteiger partial charge in [0.1, 0.15) is 11.4 Å². The molecule has 1 heterocycles. The van der Waals surface area contributed by atoms with Gasteiger partial charge in [-0.05, 0) is 24.5 Å². The van der Waals surface area contributed by atoms with Crippen molar-refractivity contribution in [3.63, 3.8) is 0 Å². The molecule has 0 aromatic carbocycles. The van der Waals surface area contributed by atoms with Crippen LogP contribution < -0.4 is 0 Å². The van der Waals surface area contributed by atoms with Crippen LogP contribution in [-0.4, -0.2) is 16.2 Å². The summed E-state index contributed by atoms with van der Waals surface area (Å²) >= 11 is 0. The van der Waals surface area contributed by atoms with E-state index in [4.69, 9.17) is 9.52 Å². The SMILES string of the molecule is CC(C)(C)C(C)(O)c1ccc(C(=O)O)o1. The van der Waals surface area contributed by atoms with Gasteiger partial charge in [-0.25, -0.2) is 4.79 Å². The first-order valence-electron chi connectivity index (χ1n) is 4.72. The molecule has 1 aromatic heterocycles. The Labute approximate surface area is 88.5 Å². The molecule has 0 aliphatic rings. The lowest BCUT2D eigenvalue weighted by molar-refractivity contribution is -0.0642. The maximum absolute atomic E-state index is 10.6. The molecule has 0 aliphatic carbocycles. The molecular formula is C11H16O4. The molecule has 0 amide bonds. The molecule has 1 atom stereocenters. The van der Waals surface area contributed by atoms with E-state index in [2.05, 4.69) is 0 Å². The highest BCUT2D eigenvalue weighted by molar-refractivity contribution is 5.84. The average molecular weight is 212 g/mol. The highest BCUT2D eigenvalue weighted by Crippen LogP contribution is 2.39. The first-order valence-corrected chi connectivity index (χ1v) is 4.72. The molecule has 0 saturated heterocycles. The Bertz CT molecular complexity index is 368. The number of rotatable bonds is 2. The van der Waals surface area contributed by atoms with Gasteiger partial charge in [0.25, 0.3) is 0 Å². The van der Waals surface area contributed by atoms with Crippen molar-refractivity contribution < 1.29 is 19.4 Å². The lowest BCUT2D eigenvalue weighted by Gasteiger charge is -2.35. The lowest BCUT2D eigenvalue weighted by atomic mass is 9.76. The van der Waals surface area contributed by atoms with Crippen LogP contribution in [0.3, 0.4) is 0 Å². The van der Waals surface area contributed by atoms with E-state index in [1.165, 1.54) is 12.1 Å². The van der Waals surface area contributed by atoms with Crippen molar-refractivity contribution >= 4 is 5.97 Å². The van der Waals surface area contributed by atoms with Crippen LogP contribution in [-0.2, 0) is 5.60 Å². The fourth-order valence-corrected chi connectivity index (χ4v) is 1.08. The molecule has 1 unspecified atom stereocenters. The van der Waals surface area contributed by atoms with E-state index < -0.39 is 17.0 Å². The normalized spacial score (nSPS) is 16.1. The quantitative estimate of drug-likeness (QED) is 0.788. The summed E-state index contributed by atoms with van der Waals surface area (Å²) in [6, 6.07) is 2.84. The van der Waals surface area contributed by atoms with Crippen LogP contribution in [0, 0.1) is 5.41 Å². The van der Waals surface area contributed by atoms with Gasteiger partial charge in [0.15, 0.2) is 0 Å². The van der Waals surface area contributed by atoms with Crippen molar-refractivity contribution in [1.82, 2.24) is 0 Å². The van der Waals surface area contributed by atoms with E-state index in [1.54, 1.807) is 6.92 Å². The van der Waals surface area contributed by atoms with Gasteiger partial charge >= 0.3 is 5.97 Å². The van der Waals surface area contributed by atoms with Gasteiger partial charge in [-0.3, -0.25) is 0 Å². The first kappa shape index (κ1) is 11.8. The zero-order valence-corrected chi connectivity index (χ0v) is 9.37. The predicted octanol–water partition coefficient (Wildman–Crippen LogP) is 2.23. The molecule has 0 aliphatic heterocycles. The molecule has 4 nitrogen and oxygen atoms in total. The number of aliphatic hydroxyl groups is 1. The minimum Gasteiger partial charge on any atom is -0.475 e. The molecule has 1 aromatic rings. The first-order chi connectivity index (χ1) is 6.66. The average Bonchev–Trinajstić information content (AvgIpc) is 2.49. The summed E-state index contributed by atoms with van der Waals surface area (Å²) in [7, 11) is 0. The van der Waals surface area contributed by atoms with Gasteiger partial charge in [-0.15, -0.1) is 0 Å². The predicted molar refractivity (Wildman–Crippen MR) is 54.7 cm³/mol. The van der Waals surface area contributed by atoms with Gasteiger partial charge in [-0.1, -0.05) is 20.8 Å². The van der Waals surface area contributed by atoms with E-state index in [9.17, 15) is 9.90 Å². The molecular weight excluding hydrogens is 196 g/mol. The molecule has 84 valence electrons. The van der Waals surface area contributed by atoms with Crippen molar-refractivity contribution in [1.29, 1.82) is 0 Å². The summed E-state index contributed by atoms with van der Waals surface area (Å²) in [5.74, 6) is -1.02. The molecule has 0 fully saturated rings. The van der Waals surface area contributed by atoms with Crippen LogP contribution >= 0.6 is 0 Å². The minimum atomic E-state index is -1.19. The van der Waals surface area contributed by atoms with Crippen molar-refractivity contribution in [2.75, 3.05) is 0 Å². The number of furan rings is 1. The molecule has 0 bridgehead atoms. The Morgan fingerprint density at radius 1 is 1.27 bits per heavy atom. The Balaban J connectivity index is 3.11. The second-order valence-corrected chi connectivity index (χ2v) is 4.79. The van der Waals surface area contributed by atoms with Crippen LogP contribution in [0.4, 0.5) is 0 Å². The number of carboxylic acid groups (broad SMARTS) is 1. The minimum absolute atomic E-state index is 0.158. The van der Waals surface area contributed by atoms with E-state index in [0.717, 1.165) is 0 Å². The van der Waals surface area contributed by atoms with Crippen LogP contribution in [0.5, 0.6) is 0 Å². The third kappa shape index (κ3) is 2.04. The Kier molecular flexibility index (Phi) is 2.65. The summed E-state index contributed by atoms with van der Waals surface area (Å²) in [6.45, 7) is 7.18. The zero-order valence-electron chi connectivity index (χ0n) is 9.37. The number of hydrogen-bond acceptors (Lipinski definition) is 3. The van der Waals surface area contributed by atoms with E-state index >= 15 is 0 Å². The van der Waals surface area contributed by atoms with Gasteiger partial charge in [0.05, 0.1) is 0 Å². The van der Waals surface area contributed by atoms with Crippen molar-refractivity contribution in [2.24, 2.45) is 5.41 Å². The maximum Gasteiger partial charge on any atom is 0.371 e. The largest absolute Gasteiger partial charge is 0.475 e. The third-order valence-corrected chi connectivity index (χ3v) is 2.76. The molecule has 0 spiro atoms. The van der Waals surface area contributed by atoms with Crippen LogP contribution in [0.2, 0.25) is 0 Å². The van der Waals surface area contributed by atoms with Crippen LogP contribution in [0.15, 0.2) is 16.5 Å². The summed E-state index contributed by atoms with van der Waals surface area (Å²) in [5, 5.41) is 18.9. The monoisotopic (exact) mass is 212 g/mol. The van der Waals surface area contributed by atoms with Gasteiger partial charge < -0.3 is 14.6 Å². The highest BCUT2D eigenvalue weighted by atomic mass is 16.4. The lowest BCUT2D eigenvalue weighted by Crippen LogP contribution is -2.36. The number of carboxylic acids is 1. The third-order valence-electron chi connectivity index (χ3n) is 2.76. The fraction of sp³-hybridized carbons (Fsp3) is 0.545. The fourth-order valence-electron chi connectivity index (χ4n) is 1.08. The molecule has 0 saturated carbocycles. The number of aromatic carboxylic acids is 1. The molecule has 1 rings (SSSR count). The van der Waals surface area contributed by atoms with E-state index in [0.29, 0.717) is 0 Å². The summed E-state index contributed by atoms with van der Waals surface area (Å²) in [4.78, 5) is 10.6. The standard InChI is InChI=1S/C11H16O4/c1-10(2,3)11(4,14)8-6-5-7(15-8)9(12)13/h5-6,14H,1-4H3,(H,12,13). The smallest absolute Gasteiger partial charge is 0.371 e. The van der Waals surface area contributed by atoms with Crippen molar-refractivity contribution in [3.05, 3.63) is 23.7 Å². The molecule has 0 radical (unpaired) electrons. The number of carbonyl (C=O) groups is 1. The Morgan fingerprint density at radius 3 is 2.13 bits per heavy atom. The van der Waals surface area contributed by atoms with E-state index in [1.807, 2.05) is 20.8 Å². The van der Waals surface area contributed by atoms with Crippen LogP contribution in [0.25, 0.3) is 0 Å². The zero-order chi connectivity index (χ0) is 11.9. The summed E-state index contributed by atoms with van der Waals surface area (Å²) in [5.41, 5.74) is -1.62. The molecule has 15 heavy (non-hydrogen) atoms. The Hall–Kier alpha value is -1.29. The van der Waals surface area contributed by atoms with Crippen molar-refractivity contribution in [2.45, 2.75) is 33.3 Å². The van der Waals surface area contributed by atoms with Crippen molar-refractivity contribution in [3.8, 4) is 0 Å². The summed E-state index contributed by atoms with van der Waals surface area (Å²) in [6.07, 6.45) is 0. The van der Waals surface area contributed by atoms with Gasteiger partial charge in [0, 0.05) is 0 Å². The van der Waals surface area contributed by atoms with E-state index in [-0.39, 0.29) is 11.5 Å². The maximum atomic E-state index is 10.6. The summed E-state index contributed by atoms with van der Waals surface area (Å²) < 4.78 is 5.09. The highest BCUT2D eigenvalue weighted by Gasteiger charge is 2.40. The van der Waals surface area contributed by atoms with Gasteiger partial charge in [0.2, 0.25) is 5.76 Å². The second kappa shape index (κ2) is 3.38. The van der Waals surface area contributed by atoms with Crippen LogP contribution in [0.1, 0.15) is 44.0 Å². The van der Waals surface area contributed by atoms with Gasteiger partial charge in [-0.2, -0.15) is 0 Å².